The van der Waals surface area contributed by atoms with E-state index in [0.29, 0.717) is 13.0 Å². The van der Waals surface area contributed by atoms with Crippen LogP contribution in [0.2, 0.25) is 5.28 Å². The topological polar surface area (TPSA) is 37.8 Å². The summed E-state index contributed by atoms with van der Waals surface area (Å²) in [4.78, 5) is 7.99. The lowest BCUT2D eigenvalue weighted by atomic mass is 10.3. The number of rotatable bonds is 4. The molecule has 2 rings (SSSR count). The third-order valence-electron chi connectivity index (χ3n) is 2.30. The highest BCUT2D eigenvalue weighted by Crippen LogP contribution is 2.29. The molecule has 0 fully saturated rings. The minimum atomic E-state index is -4.54. The predicted octanol–water partition coefficient (Wildman–Crippen LogP) is 4.63. The van der Waals surface area contributed by atoms with Crippen molar-refractivity contribution in [1.29, 1.82) is 0 Å². The molecule has 0 unspecified atom stereocenters. The molecular weight excluding hydrogens is 379 g/mol. The van der Waals surface area contributed by atoms with Gasteiger partial charge in [0.05, 0.1) is 3.79 Å². The van der Waals surface area contributed by atoms with E-state index in [9.17, 15) is 13.2 Å². The molecule has 20 heavy (non-hydrogen) atoms. The van der Waals surface area contributed by atoms with Crippen LogP contribution >= 0.6 is 38.9 Å². The zero-order valence-corrected chi connectivity index (χ0v) is 13.0. The smallest absolute Gasteiger partial charge is 0.370 e. The maximum atomic E-state index is 12.6. The summed E-state index contributed by atoms with van der Waals surface area (Å²) in [6, 6.07) is 4.71. The fourth-order valence-corrected chi connectivity index (χ4v) is 3.12. The monoisotopic (exact) mass is 385 g/mol. The van der Waals surface area contributed by atoms with Gasteiger partial charge in [0.25, 0.3) is 0 Å². The molecule has 0 aliphatic rings. The van der Waals surface area contributed by atoms with Gasteiger partial charge in [-0.05, 0) is 46.1 Å². The second kappa shape index (κ2) is 6.28. The number of nitrogens with one attached hydrogen (secondary N) is 1. The summed E-state index contributed by atoms with van der Waals surface area (Å²) >= 11 is 10.4. The van der Waals surface area contributed by atoms with E-state index in [0.717, 1.165) is 14.7 Å². The number of anilines is 1. The molecule has 0 aromatic carbocycles. The van der Waals surface area contributed by atoms with Gasteiger partial charge in [-0.3, -0.25) is 0 Å². The predicted molar refractivity (Wildman–Crippen MR) is 76.3 cm³/mol. The van der Waals surface area contributed by atoms with Crippen LogP contribution in [0.15, 0.2) is 22.0 Å². The Morgan fingerprint density at radius 2 is 2.05 bits per heavy atom. The third kappa shape index (κ3) is 4.32. The average Bonchev–Trinajstić information content (AvgIpc) is 2.73. The molecule has 2 aromatic heterocycles. The lowest BCUT2D eigenvalue weighted by molar-refractivity contribution is -0.141. The van der Waals surface area contributed by atoms with Crippen molar-refractivity contribution in [2.45, 2.75) is 12.6 Å². The second-order valence-corrected chi connectivity index (χ2v) is 6.67. The first-order valence-electron chi connectivity index (χ1n) is 5.44. The SMILES string of the molecule is FC(F)(F)c1cc(NCCc2ccc(Br)s2)nc(Cl)n1. The highest BCUT2D eigenvalue weighted by Gasteiger charge is 2.33. The van der Waals surface area contributed by atoms with Crippen molar-refractivity contribution < 1.29 is 13.2 Å². The number of nitrogens with zero attached hydrogens (tertiary/aromatic N) is 2. The zero-order chi connectivity index (χ0) is 14.8. The molecule has 0 atom stereocenters. The Hall–Kier alpha value is -0.860. The van der Waals surface area contributed by atoms with Crippen LogP contribution in [-0.4, -0.2) is 16.5 Å². The number of hydrogen-bond donors (Lipinski definition) is 1. The van der Waals surface area contributed by atoms with Crippen molar-refractivity contribution in [3.8, 4) is 0 Å². The Kier molecular flexibility index (Phi) is 4.87. The molecular formula is C11H8BrClF3N3S. The summed E-state index contributed by atoms with van der Waals surface area (Å²) in [6.45, 7) is 0.456. The number of thiophene rings is 1. The van der Waals surface area contributed by atoms with Gasteiger partial charge in [0, 0.05) is 17.5 Å². The first kappa shape index (κ1) is 15.5. The molecule has 0 amide bonds. The van der Waals surface area contributed by atoms with E-state index in [4.69, 9.17) is 11.6 Å². The van der Waals surface area contributed by atoms with Crippen molar-refractivity contribution in [2.75, 3.05) is 11.9 Å². The molecule has 0 bridgehead atoms. The molecule has 108 valence electrons. The highest BCUT2D eigenvalue weighted by atomic mass is 79.9. The molecule has 0 saturated heterocycles. The van der Waals surface area contributed by atoms with Gasteiger partial charge in [-0.2, -0.15) is 13.2 Å². The van der Waals surface area contributed by atoms with E-state index in [-0.39, 0.29) is 5.82 Å². The average molecular weight is 387 g/mol. The van der Waals surface area contributed by atoms with Crippen LogP contribution in [-0.2, 0) is 12.6 Å². The van der Waals surface area contributed by atoms with Crippen molar-refractivity contribution in [3.05, 3.63) is 37.8 Å². The molecule has 0 aliphatic carbocycles. The molecule has 0 aliphatic heterocycles. The highest BCUT2D eigenvalue weighted by molar-refractivity contribution is 9.11. The standard InChI is InChI=1S/C11H8BrClF3N3S/c12-8-2-1-6(20-8)3-4-17-9-5-7(11(14,15)16)18-10(13)19-9/h1-2,5H,3-4H2,(H,17,18,19). The summed E-state index contributed by atoms with van der Waals surface area (Å²) in [7, 11) is 0. The van der Waals surface area contributed by atoms with Gasteiger partial charge in [-0.15, -0.1) is 11.3 Å². The number of alkyl halides is 3. The Morgan fingerprint density at radius 3 is 2.65 bits per heavy atom. The zero-order valence-electron chi connectivity index (χ0n) is 9.84. The van der Waals surface area contributed by atoms with E-state index in [1.807, 2.05) is 12.1 Å². The van der Waals surface area contributed by atoms with Gasteiger partial charge in [-0.25, -0.2) is 9.97 Å². The van der Waals surface area contributed by atoms with Crippen molar-refractivity contribution in [1.82, 2.24) is 9.97 Å². The minimum absolute atomic E-state index is 0.0629. The Morgan fingerprint density at radius 1 is 1.30 bits per heavy atom. The van der Waals surface area contributed by atoms with E-state index in [1.54, 1.807) is 11.3 Å². The van der Waals surface area contributed by atoms with Gasteiger partial charge >= 0.3 is 6.18 Å². The number of halogens is 5. The molecule has 0 spiro atoms. The molecule has 0 radical (unpaired) electrons. The molecule has 2 heterocycles. The first-order valence-corrected chi connectivity index (χ1v) is 7.43. The van der Waals surface area contributed by atoms with Gasteiger partial charge < -0.3 is 5.32 Å². The molecule has 9 heteroatoms. The summed E-state index contributed by atoms with van der Waals surface area (Å²) in [5.74, 6) is 0.0629. The lowest BCUT2D eigenvalue weighted by Crippen LogP contribution is -2.12. The fraction of sp³-hybridized carbons (Fsp3) is 0.273. The third-order valence-corrected chi connectivity index (χ3v) is 4.15. The maximum absolute atomic E-state index is 12.6. The molecule has 2 aromatic rings. The van der Waals surface area contributed by atoms with Crippen LogP contribution in [0.5, 0.6) is 0 Å². The van der Waals surface area contributed by atoms with Crippen LogP contribution < -0.4 is 5.32 Å². The Bertz CT molecular complexity index is 603. The largest absolute Gasteiger partial charge is 0.433 e. The van der Waals surface area contributed by atoms with E-state index < -0.39 is 17.2 Å². The van der Waals surface area contributed by atoms with Crippen molar-refractivity contribution >= 4 is 44.7 Å². The number of aromatic nitrogens is 2. The van der Waals surface area contributed by atoms with Crippen LogP contribution in [0, 0.1) is 0 Å². The van der Waals surface area contributed by atoms with Gasteiger partial charge in [0.2, 0.25) is 5.28 Å². The van der Waals surface area contributed by atoms with Crippen LogP contribution in [0.1, 0.15) is 10.6 Å². The van der Waals surface area contributed by atoms with Crippen molar-refractivity contribution in [2.24, 2.45) is 0 Å². The first-order chi connectivity index (χ1) is 9.34. The second-order valence-electron chi connectivity index (χ2n) is 3.79. The van der Waals surface area contributed by atoms with E-state index >= 15 is 0 Å². The Balaban J connectivity index is 2.00. The van der Waals surface area contributed by atoms with Crippen LogP contribution in [0.3, 0.4) is 0 Å². The lowest BCUT2D eigenvalue weighted by Gasteiger charge is -2.09. The van der Waals surface area contributed by atoms with E-state index in [1.165, 1.54) is 0 Å². The van der Waals surface area contributed by atoms with Gasteiger partial charge in [0.15, 0.2) is 5.69 Å². The quantitative estimate of drug-likeness (QED) is 0.779. The summed E-state index contributed by atoms with van der Waals surface area (Å²) in [5, 5.41) is 2.38. The fourth-order valence-electron chi connectivity index (χ4n) is 1.45. The van der Waals surface area contributed by atoms with E-state index in [2.05, 4.69) is 31.2 Å². The maximum Gasteiger partial charge on any atom is 0.433 e. The van der Waals surface area contributed by atoms with Crippen LogP contribution in [0.25, 0.3) is 0 Å². The molecule has 3 nitrogen and oxygen atoms in total. The minimum Gasteiger partial charge on any atom is -0.370 e. The van der Waals surface area contributed by atoms with Crippen LogP contribution in [0.4, 0.5) is 19.0 Å². The Labute approximate surface area is 130 Å². The summed E-state index contributed by atoms with van der Waals surface area (Å²) in [5.41, 5.74) is -1.06. The molecule has 0 saturated carbocycles. The number of hydrogen-bond acceptors (Lipinski definition) is 4. The summed E-state index contributed by atoms with van der Waals surface area (Å²) in [6.07, 6.45) is -3.86. The van der Waals surface area contributed by atoms with Gasteiger partial charge in [0.1, 0.15) is 5.82 Å². The normalized spacial score (nSPS) is 11.7. The van der Waals surface area contributed by atoms with Gasteiger partial charge in [-0.1, -0.05) is 0 Å². The molecule has 1 N–H and O–H groups in total. The summed E-state index contributed by atoms with van der Waals surface area (Å²) < 4.78 is 38.7. The van der Waals surface area contributed by atoms with Crippen molar-refractivity contribution in [3.63, 3.8) is 0 Å².